The van der Waals surface area contributed by atoms with E-state index in [-0.39, 0.29) is 6.54 Å². The van der Waals surface area contributed by atoms with Gasteiger partial charge in [0.05, 0.1) is 9.34 Å². The molecule has 1 aromatic rings. The molecule has 2 heterocycles. The Hall–Kier alpha value is -0.460. The third kappa shape index (κ3) is 3.05. The fourth-order valence-electron chi connectivity index (χ4n) is 1.89. The molecule has 1 unspecified atom stereocenters. The van der Waals surface area contributed by atoms with E-state index in [1.54, 1.807) is 12.1 Å². The van der Waals surface area contributed by atoms with Gasteiger partial charge in [0.15, 0.2) is 0 Å². The lowest BCUT2D eigenvalue weighted by Gasteiger charge is -2.31. The Balaban J connectivity index is 2.26. The lowest BCUT2D eigenvalue weighted by molar-refractivity contribution is -0.146. The molecule has 0 spiro atoms. The maximum Gasteiger partial charge on any atom is 0.410 e. The number of anilines is 1. The fourth-order valence-corrected chi connectivity index (χ4v) is 3.00. The number of nitrogens with one attached hydrogen (secondary N) is 1. The van der Waals surface area contributed by atoms with Crippen molar-refractivity contribution in [3.8, 4) is 0 Å². The Kier molecular flexibility index (Phi) is 3.85. The highest BCUT2D eigenvalue weighted by Crippen LogP contribution is 2.35. The molecule has 0 aromatic carbocycles. The second-order valence-electron chi connectivity index (χ2n) is 3.89. The van der Waals surface area contributed by atoms with Gasteiger partial charge in [0.1, 0.15) is 6.04 Å². The summed E-state index contributed by atoms with van der Waals surface area (Å²) >= 11 is 6.96. The van der Waals surface area contributed by atoms with Crippen LogP contribution in [0.4, 0.5) is 18.2 Å². The number of hydrogen-bond acceptors (Lipinski definition) is 3. The Labute approximate surface area is 106 Å². The Bertz CT molecular complexity index is 380. The summed E-state index contributed by atoms with van der Waals surface area (Å²) in [6, 6.07) is 1.81. The van der Waals surface area contributed by atoms with Gasteiger partial charge < -0.3 is 10.2 Å². The van der Waals surface area contributed by atoms with Gasteiger partial charge in [-0.2, -0.15) is 13.2 Å². The number of alkyl halides is 3. The van der Waals surface area contributed by atoms with Crippen molar-refractivity contribution in [3.05, 3.63) is 16.5 Å². The molecule has 7 heteroatoms. The molecular weight excluding hydrogens is 273 g/mol. The summed E-state index contributed by atoms with van der Waals surface area (Å²) in [6.45, 7) is 0.940. The molecule has 0 radical (unpaired) electrons. The summed E-state index contributed by atoms with van der Waals surface area (Å²) in [6.07, 6.45) is -3.53. The van der Waals surface area contributed by atoms with E-state index < -0.39 is 12.2 Å². The van der Waals surface area contributed by atoms with Gasteiger partial charge in [-0.3, -0.25) is 0 Å². The predicted molar refractivity (Wildman–Crippen MR) is 64.0 cm³/mol. The number of hydrogen-bond donors (Lipinski definition) is 1. The van der Waals surface area contributed by atoms with Crippen LogP contribution in [0.3, 0.4) is 0 Å². The predicted octanol–water partition coefficient (Wildman–Crippen LogP) is 3.13. The van der Waals surface area contributed by atoms with Crippen molar-refractivity contribution in [2.75, 3.05) is 24.5 Å². The average molecular weight is 285 g/mol. The van der Waals surface area contributed by atoms with Gasteiger partial charge in [-0.15, -0.1) is 11.3 Å². The Morgan fingerprint density at radius 2 is 2.18 bits per heavy atom. The monoisotopic (exact) mass is 284 g/mol. The second kappa shape index (κ2) is 5.04. The molecule has 1 fully saturated rings. The summed E-state index contributed by atoms with van der Waals surface area (Å²) in [7, 11) is 0. The first-order valence-corrected chi connectivity index (χ1v) is 6.47. The number of halogens is 4. The SMILES string of the molecule is FC(F)(F)C1CNCCCN1c1ccc(Cl)s1. The van der Waals surface area contributed by atoms with Crippen LogP contribution in [0, 0.1) is 0 Å². The fraction of sp³-hybridized carbons (Fsp3) is 0.600. The lowest BCUT2D eigenvalue weighted by Crippen LogP contribution is -2.49. The summed E-state index contributed by atoms with van der Waals surface area (Å²) < 4.78 is 39.4. The van der Waals surface area contributed by atoms with Crippen LogP contribution in [0.25, 0.3) is 0 Å². The minimum absolute atomic E-state index is 0.0704. The molecule has 96 valence electrons. The van der Waals surface area contributed by atoms with Crippen molar-refractivity contribution < 1.29 is 13.2 Å². The Morgan fingerprint density at radius 3 is 2.76 bits per heavy atom. The molecular formula is C10H12ClF3N2S. The van der Waals surface area contributed by atoms with Gasteiger partial charge in [-0.1, -0.05) is 11.6 Å². The van der Waals surface area contributed by atoms with Crippen molar-refractivity contribution in [2.24, 2.45) is 0 Å². The van der Waals surface area contributed by atoms with E-state index in [1.165, 1.54) is 16.2 Å². The second-order valence-corrected chi connectivity index (χ2v) is 5.58. The maximum atomic E-state index is 13.0. The number of nitrogens with zero attached hydrogens (tertiary/aromatic N) is 1. The normalized spacial score (nSPS) is 22.6. The van der Waals surface area contributed by atoms with Crippen LogP contribution in [0.2, 0.25) is 4.34 Å². The highest BCUT2D eigenvalue weighted by atomic mass is 35.5. The molecule has 0 aliphatic carbocycles. The summed E-state index contributed by atoms with van der Waals surface area (Å²) in [5, 5.41) is 3.40. The molecule has 2 nitrogen and oxygen atoms in total. The van der Waals surface area contributed by atoms with Crippen molar-refractivity contribution in [1.82, 2.24) is 5.32 Å². The van der Waals surface area contributed by atoms with E-state index in [0.29, 0.717) is 28.8 Å². The molecule has 1 saturated heterocycles. The van der Waals surface area contributed by atoms with Crippen LogP contribution in [0.15, 0.2) is 12.1 Å². The van der Waals surface area contributed by atoms with Gasteiger partial charge in [-0.05, 0) is 25.1 Å². The molecule has 1 aliphatic heterocycles. The average Bonchev–Trinajstić information content (AvgIpc) is 2.52. The summed E-state index contributed by atoms with van der Waals surface area (Å²) in [5.74, 6) is 0. The maximum absolute atomic E-state index is 13.0. The van der Waals surface area contributed by atoms with Crippen molar-refractivity contribution >= 4 is 27.9 Å². The van der Waals surface area contributed by atoms with Gasteiger partial charge >= 0.3 is 6.18 Å². The van der Waals surface area contributed by atoms with Crippen molar-refractivity contribution in [2.45, 2.75) is 18.6 Å². The molecule has 1 atom stereocenters. The lowest BCUT2D eigenvalue weighted by atomic mass is 10.2. The van der Waals surface area contributed by atoms with Crippen molar-refractivity contribution in [1.29, 1.82) is 0 Å². The van der Waals surface area contributed by atoms with Gasteiger partial charge in [-0.25, -0.2) is 0 Å². The van der Waals surface area contributed by atoms with E-state index in [9.17, 15) is 13.2 Å². The Morgan fingerprint density at radius 1 is 1.41 bits per heavy atom. The van der Waals surface area contributed by atoms with E-state index in [1.807, 2.05) is 0 Å². The quantitative estimate of drug-likeness (QED) is 0.852. The highest BCUT2D eigenvalue weighted by molar-refractivity contribution is 7.19. The third-order valence-electron chi connectivity index (χ3n) is 2.69. The molecule has 1 aliphatic rings. The zero-order valence-electron chi connectivity index (χ0n) is 8.93. The van der Waals surface area contributed by atoms with Crippen LogP contribution in [-0.2, 0) is 0 Å². The number of thiophene rings is 1. The zero-order valence-corrected chi connectivity index (χ0v) is 10.5. The van der Waals surface area contributed by atoms with Crippen LogP contribution in [-0.4, -0.2) is 31.9 Å². The molecule has 0 amide bonds. The largest absolute Gasteiger partial charge is 0.410 e. The van der Waals surface area contributed by atoms with E-state index in [2.05, 4.69) is 5.32 Å². The highest BCUT2D eigenvalue weighted by Gasteiger charge is 2.44. The van der Waals surface area contributed by atoms with E-state index in [0.717, 1.165) is 0 Å². The minimum atomic E-state index is -4.23. The standard InChI is InChI=1S/C10H12ClF3N2S/c11-8-2-3-9(17-8)16-5-1-4-15-6-7(16)10(12,13)14/h2-3,7,15H,1,4-6H2. The molecule has 0 saturated carbocycles. The first-order valence-electron chi connectivity index (χ1n) is 5.28. The van der Waals surface area contributed by atoms with E-state index >= 15 is 0 Å². The van der Waals surface area contributed by atoms with Gasteiger partial charge in [0.25, 0.3) is 0 Å². The smallest absolute Gasteiger partial charge is 0.350 e. The topological polar surface area (TPSA) is 15.3 Å². The third-order valence-corrected chi connectivity index (χ3v) is 3.95. The zero-order chi connectivity index (χ0) is 12.5. The van der Waals surface area contributed by atoms with Gasteiger partial charge in [0.2, 0.25) is 0 Å². The first kappa shape index (κ1) is 13.0. The van der Waals surface area contributed by atoms with Gasteiger partial charge in [0, 0.05) is 13.1 Å². The van der Waals surface area contributed by atoms with Crippen LogP contribution in [0.1, 0.15) is 6.42 Å². The van der Waals surface area contributed by atoms with Crippen LogP contribution < -0.4 is 10.2 Å². The summed E-state index contributed by atoms with van der Waals surface area (Å²) in [5.41, 5.74) is 0. The number of rotatable bonds is 1. The van der Waals surface area contributed by atoms with Crippen molar-refractivity contribution in [3.63, 3.8) is 0 Å². The van der Waals surface area contributed by atoms with Crippen LogP contribution in [0.5, 0.6) is 0 Å². The molecule has 1 aromatic heterocycles. The summed E-state index contributed by atoms with van der Waals surface area (Å²) in [4.78, 5) is 1.40. The molecule has 2 rings (SSSR count). The first-order chi connectivity index (χ1) is 7.98. The molecule has 0 bridgehead atoms. The molecule has 17 heavy (non-hydrogen) atoms. The molecule has 1 N–H and O–H groups in total. The van der Waals surface area contributed by atoms with Crippen LogP contribution >= 0.6 is 22.9 Å². The van der Waals surface area contributed by atoms with E-state index in [4.69, 9.17) is 11.6 Å². The minimum Gasteiger partial charge on any atom is -0.350 e.